The van der Waals surface area contributed by atoms with Crippen LogP contribution < -0.4 is 0 Å². The van der Waals surface area contributed by atoms with Gasteiger partial charge in [-0.05, 0) is 19.3 Å². The first-order chi connectivity index (χ1) is 7.16. The lowest BCUT2D eigenvalue weighted by molar-refractivity contribution is -0.128. The highest BCUT2D eigenvalue weighted by Gasteiger charge is 2.31. The van der Waals surface area contributed by atoms with Crippen molar-refractivity contribution in [1.82, 2.24) is 9.80 Å². The Morgan fingerprint density at radius 1 is 1.20 bits per heavy atom. The number of alkyl halides is 1. The third-order valence-corrected chi connectivity index (χ3v) is 3.58. The summed E-state index contributed by atoms with van der Waals surface area (Å²) >= 11 is 0. The van der Waals surface area contributed by atoms with Gasteiger partial charge in [0.2, 0.25) is 5.91 Å². The monoisotopic (exact) mass is 214 g/mol. The zero-order chi connectivity index (χ0) is 10.8. The molecular formula is C11H19FN2O. The van der Waals surface area contributed by atoms with Crippen molar-refractivity contribution in [3.05, 3.63) is 0 Å². The molecule has 0 spiro atoms. The van der Waals surface area contributed by atoms with Crippen LogP contribution in [0.3, 0.4) is 0 Å². The molecule has 0 aromatic heterocycles. The van der Waals surface area contributed by atoms with Crippen LogP contribution in [0.5, 0.6) is 0 Å². The summed E-state index contributed by atoms with van der Waals surface area (Å²) in [6.45, 7) is 5.05. The summed E-state index contributed by atoms with van der Waals surface area (Å²) in [4.78, 5) is 15.4. The second-order valence-electron chi connectivity index (χ2n) is 4.62. The summed E-state index contributed by atoms with van der Waals surface area (Å²) in [5.41, 5.74) is 0. The van der Waals surface area contributed by atoms with Gasteiger partial charge in [-0.1, -0.05) is 0 Å². The predicted octanol–water partition coefficient (Wildman–Crippen LogP) is 1.04. The van der Waals surface area contributed by atoms with Crippen molar-refractivity contribution in [3.63, 3.8) is 0 Å². The minimum Gasteiger partial charge on any atom is -0.341 e. The maximum atomic E-state index is 13.0. The smallest absolute Gasteiger partial charge is 0.219 e. The number of amides is 1. The Hall–Kier alpha value is -0.640. The first-order valence-electron chi connectivity index (χ1n) is 5.80. The van der Waals surface area contributed by atoms with E-state index in [1.807, 2.05) is 4.90 Å². The number of nitrogens with zero attached hydrogens (tertiary/aromatic N) is 2. The minimum atomic E-state index is -0.605. The Kier molecular flexibility index (Phi) is 3.24. The lowest BCUT2D eigenvalue weighted by atomic mass is 10.1. The van der Waals surface area contributed by atoms with Gasteiger partial charge in [-0.2, -0.15) is 0 Å². The minimum absolute atomic E-state index is 0.165. The maximum absolute atomic E-state index is 13.0. The van der Waals surface area contributed by atoms with Crippen LogP contribution in [0.1, 0.15) is 26.2 Å². The number of hydrogen-bond acceptors (Lipinski definition) is 2. The fourth-order valence-electron chi connectivity index (χ4n) is 2.56. The standard InChI is InChI=1S/C11H19FN2O/c1-9(15)14-7-4-11(8-14)13-5-2-10(12)3-6-13/h10-11H,2-8H2,1H3. The molecular weight excluding hydrogens is 195 g/mol. The Labute approximate surface area is 90.2 Å². The molecule has 0 N–H and O–H groups in total. The highest BCUT2D eigenvalue weighted by Crippen LogP contribution is 2.21. The van der Waals surface area contributed by atoms with Crippen LogP contribution in [0.2, 0.25) is 0 Å². The first kappa shape index (κ1) is 10.9. The van der Waals surface area contributed by atoms with Crippen LogP contribution in [0, 0.1) is 0 Å². The first-order valence-corrected chi connectivity index (χ1v) is 5.80. The van der Waals surface area contributed by atoms with E-state index in [0.29, 0.717) is 18.9 Å². The Balaban J connectivity index is 1.83. The van der Waals surface area contributed by atoms with Crippen molar-refractivity contribution in [3.8, 4) is 0 Å². The molecule has 2 saturated heterocycles. The fourth-order valence-corrected chi connectivity index (χ4v) is 2.56. The number of carbonyl (C=O) groups excluding carboxylic acids is 1. The average molecular weight is 214 g/mol. The van der Waals surface area contributed by atoms with Crippen LogP contribution in [-0.4, -0.2) is 54.1 Å². The second kappa shape index (κ2) is 4.47. The largest absolute Gasteiger partial charge is 0.341 e. The molecule has 1 amide bonds. The summed E-state index contributed by atoms with van der Waals surface area (Å²) in [5.74, 6) is 0.165. The number of rotatable bonds is 1. The maximum Gasteiger partial charge on any atom is 0.219 e. The predicted molar refractivity (Wildman–Crippen MR) is 56.4 cm³/mol. The number of carbonyl (C=O) groups is 1. The number of likely N-dealkylation sites (tertiary alicyclic amines) is 2. The van der Waals surface area contributed by atoms with Gasteiger partial charge in [0.25, 0.3) is 0 Å². The molecule has 4 heteroatoms. The topological polar surface area (TPSA) is 23.6 Å². The molecule has 15 heavy (non-hydrogen) atoms. The lowest BCUT2D eigenvalue weighted by Crippen LogP contribution is -2.43. The van der Waals surface area contributed by atoms with E-state index in [4.69, 9.17) is 0 Å². The molecule has 2 aliphatic heterocycles. The molecule has 1 atom stereocenters. The molecule has 1 unspecified atom stereocenters. The van der Waals surface area contributed by atoms with E-state index < -0.39 is 6.17 Å². The molecule has 2 heterocycles. The van der Waals surface area contributed by atoms with Crippen LogP contribution >= 0.6 is 0 Å². The Morgan fingerprint density at radius 3 is 2.40 bits per heavy atom. The molecule has 0 aliphatic carbocycles. The van der Waals surface area contributed by atoms with Gasteiger partial charge in [0.05, 0.1) is 0 Å². The van der Waals surface area contributed by atoms with Gasteiger partial charge in [0, 0.05) is 39.1 Å². The van der Waals surface area contributed by atoms with Crippen molar-refractivity contribution in [2.75, 3.05) is 26.2 Å². The zero-order valence-electron chi connectivity index (χ0n) is 9.29. The molecule has 0 aromatic carbocycles. The SMILES string of the molecule is CC(=O)N1CCC(N2CCC(F)CC2)C1. The van der Waals surface area contributed by atoms with Crippen LogP contribution in [-0.2, 0) is 4.79 Å². The molecule has 0 bridgehead atoms. The van der Waals surface area contributed by atoms with Crippen molar-refractivity contribution in [2.45, 2.75) is 38.4 Å². The highest BCUT2D eigenvalue weighted by molar-refractivity contribution is 5.73. The average Bonchev–Trinajstić information content (AvgIpc) is 2.68. The summed E-state index contributed by atoms with van der Waals surface area (Å²) in [7, 11) is 0. The molecule has 2 fully saturated rings. The molecule has 2 aliphatic rings. The molecule has 2 rings (SSSR count). The zero-order valence-corrected chi connectivity index (χ0v) is 9.29. The number of piperidine rings is 1. The van der Waals surface area contributed by atoms with E-state index in [2.05, 4.69) is 4.90 Å². The van der Waals surface area contributed by atoms with Crippen molar-refractivity contribution in [2.24, 2.45) is 0 Å². The second-order valence-corrected chi connectivity index (χ2v) is 4.62. The number of hydrogen-bond donors (Lipinski definition) is 0. The summed E-state index contributed by atoms with van der Waals surface area (Å²) in [6, 6.07) is 0.474. The molecule has 86 valence electrons. The van der Waals surface area contributed by atoms with Crippen molar-refractivity contribution >= 4 is 5.91 Å². The van der Waals surface area contributed by atoms with E-state index >= 15 is 0 Å². The summed E-state index contributed by atoms with van der Waals surface area (Å²) in [6.07, 6.45) is 1.77. The third kappa shape index (κ3) is 2.48. The Bertz CT molecular complexity index is 239. The van der Waals surface area contributed by atoms with Crippen molar-refractivity contribution in [1.29, 1.82) is 0 Å². The van der Waals surface area contributed by atoms with Gasteiger partial charge >= 0.3 is 0 Å². The number of halogens is 1. The molecule has 3 nitrogen and oxygen atoms in total. The van der Waals surface area contributed by atoms with E-state index in [9.17, 15) is 9.18 Å². The molecule has 0 saturated carbocycles. The van der Waals surface area contributed by atoms with Crippen LogP contribution in [0.15, 0.2) is 0 Å². The molecule has 0 aromatic rings. The highest BCUT2D eigenvalue weighted by atomic mass is 19.1. The quantitative estimate of drug-likeness (QED) is 0.651. The van der Waals surface area contributed by atoms with E-state index in [1.165, 1.54) is 0 Å². The van der Waals surface area contributed by atoms with Gasteiger partial charge in [-0.25, -0.2) is 4.39 Å². The van der Waals surface area contributed by atoms with E-state index in [0.717, 1.165) is 32.6 Å². The normalized spacial score (nSPS) is 29.7. The summed E-state index contributed by atoms with van der Waals surface area (Å²) in [5, 5.41) is 0. The van der Waals surface area contributed by atoms with Crippen LogP contribution in [0.4, 0.5) is 4.39 Å². The van der Waals surface area contributed by atoms with Gasteiger partial charge in [0.15, 0.2) is 0 Å². The van der Waals surface area contributed by atoms with Crippen molar-refractivity contribution < 1.29 is 9.18 Å². The van der Waals surface area contributed by atoms with E-state index in [-0.39, 0.29) is 5.91 Å². The van der Waals surface area contributed by atoms with Gasteiger partial charge < -0.3 is 4.90 Å². The van der Waals surface area contributed by atoms with Gasteiger partial charge in [0.1, 0.15) is 6.17 Å². The van der Waals surface area contributed by atoms with Gasteiger partial charge in [-0.3, -0.25) is 9.69 Å². The third-order valence-electron chi connectivity index (χ3n) is 3.58. The van der Waals surface area contributed by atoms with Crippen LogP contribution in [0.25, 0.3) is 0 Å². The lowest BCUT2D eigenvalue weighted by Gasteiger charge is -2.33. The van der Waals surface area contributed by atoms with E-state index in [1.54, 1.807) is 6.92 Å². The van der Waals surface area contributed by atoms with Gasteiger partial charge in [-0.15, -0.1) is 0 Å². The fraction of sp³-hybridized carbons (Fsp3) is 0.909. The molecule has 0 radical (unpaired) electrons. The summed E-state index contributed by atoms with van der Waals surface area (Å²) < 4.78 is 13.0. The Morgan fingerprint density at radius 2 is 1.87 bits per heavy atom.